The van der Waals surface area contributed by atoms with Gasteiger partial charge in [0.05, 0.1) is 17.4 Å². The monoisotopic (exact) mass is 306 g/mol. The lowest BCUT2D eigenvalue weighted by Crippen LogP contribution is -2.13. The minimum atomic E-state index is -0.370. The number of nitrogens with one attached hydrogen (secondary N) is 1. The maximum Gasteiger partial charge on any atom is 0.259 e. The van der Waals surface area contributed by atoms with Crippen LogP contribution in [0, 0.1) is 6.92 Å². The SMILES string of the molecule is Cc1ccncc1NC(=O)c1cc(Br)ccc1O. The molecule has 1 aromatic carbocycles. The highest BCUT2D eigenvalue weighted by Crippen LogP contribution is 2.23. The molecule has 1 heterocycles. The van der Waals surface area contributed by atoms with Crippen molar-refractivity contribution in [3.8, 4) is 5.75 Å². The molecule has 18 heavy (non-hydrogen) atoms. The van der Waals surface area contributed by atoms with Crippen molar-refractivity contribution in [2.75, 3.05) is 5.32 Å². The molecule has 2 rings (SSSR count). The standard InChI is InChI=1S/C13H11BrN2O2/c1-8-4-5-15-7-11(8)16-13(18)10-6-9(14)2-3-12(10)17/h2-7,17H,1H3,(H,16,18). The molecule has 0 saturated carbocycles. The number of benzene rings is 1. The van der Waals surface area contributed by atoms with Gasteiger partial charge < -0.3 is 10.4 Å². The number of aryl methyl sites for hydroxylation is 1. The zero-order chi connectivity index (χ0) is 13.1. The first-order valence-electron chi connectivity index (χ1n) is 5.28. The number of carbonyl (C=O) groups excluding carboxylic acids is 1. The van der Waals surface area contributed by atoms with Crippen molar-refractivity contribution in [3.63, 3.8) is 0 Å². The van der Waals surface area contributed by atoms with Gasteiger partial charge in [-0.2, -0.15) is 0 Å². The first-order valence-corrected chi connectivity index (χ1v) is 6.07. The summed E-state index contributed by atoms with van der Waals surface area (Å²) in [5, 5.41) is 12.4. The number of hydrogen-bond donors (Lipinski definition) is 2. The van der Waals surface area contributed by atoms with Crippen molar-refractivity contribution < 1.29 is 9.90 Å². The fourth-order valence-electron chi connectivity index (χ4n) is 1.47. The van der Waals surface area contributed by atoms with Crippen molar-refractivity contribution in [3.05, 3.63) is 52.3 Å². The van der Waals surface area contributed by atoms with Crippen LogP contribution in [-0.4, -0.2) is 16.0 Å². The molecular weight excluding hydrogens is 296 g/mol. The average Bonchev–Trinajstić information content (AvgIpc) is 2.35. The van der Waals surface area contributed by atoms with Crippen molar-refractivity contribution in [2.45, 2.75) is 6.92 Å². The summed E-state index contributed by atoms with van der Waals surface area (Å²) in [5.74, 6) is -0.429. The van der Waals surface area contributed by atoms with Gasteiger partial charge in [0, 0.05) is 10.7 Å². The number of anilines is 1. The highest BCUT2D eigenvalue weighted by Gasteiger charge is 2.12. The Morgan fingerprint density at radius 3 is 2.89 bits per heavy atom. The molecule has 0 bridgehead atoms. The summed E-state index contributed by atoms with van der Waals surface area (Å²) >= 11 is 3.26. The van der Waals surface area contributed by atoms with E-state index in [1.807, 2.05) is 6.92 Å². The summed E-state index contributed by atoms with van der Waals surface area (Å²) in [6, 6.07) is 6.50. The number of phenols is 1. The third-order valence-electron chi connectivity index (χ3n) is 2.49. The van der Waals surface area contributed by atoms with Crippen LogP contribution in [0.2, 0.25) is 0 Å². The summed E-state index contributed by atoms with van der Waals surface area (Å²) in [7, 11) is 0. The first kappa shape index (κ1) is 12.6. The predicted octanol–water partition coefficient (Wildman–Crippen LogP) is 3.11. The Balaban J connectivity index is 2.28. The number of nitrogens with zero attached hydrogens (tertiary/aromatic N) is 1. The molecule has 0 fully saturated rings. The number of rotatable bonds is 2. The Morgan fingerprint density at radius 1 is 1.39 bits per heavy atom. The van der Waals surface area contributed by atoms with Crippen molar-refractivity contribution in [1.82, 2.24) is 4.98 Å². The number of aromatic hydroxyl groups is 1. The Kier molecular flexibility index (Phi) is 3.62. The first-order chi connectivity index (χ1) is 8.58. The van der Waals surface area contributed by atoms with Gasteiger partial charge in [0.25, 0.3) is 5.91 Å². The van der Waals surface area contributed by atoms with Gasteiger partial charge in [-0.25, -0.2) is 0 Å². The quantitative estimate of drug-likeness (QED) is 0.896. The highest BCUT2D eigenvalue weighted by atomic mass is 79.9. The topological polar surface area (TPSA) is 62.2 Å². The Hall–Kier alpha value is -1.88. The van der Waals surface area contributed by atoms with Gasteiger partial charge in [-0.1, -0.05) is 15.9 Å². The number of phenolic OH excluding ortho intramolecular Hbond substituents is 1. The number of amides is 1. The predicted molar refractivity (Wildman–Crippen MR) is 72.7 cm³/mol. The van der Waals surface area contributed by atoms with Crippen molar-refractivity contribution >= 4 is 27.5 Å². The molecular formula is C13H11BrN2O2. The maximum absolute atomic E-state index is 12.0. The molecule has 2 aromatic rings. The van der Waals surface area contributed by atoms with E-state index in [0.29, 0.717) is 5.69 Å². The molecule has 0 spiro atoms. The smallest absolute Gasteiger partial charge is 0.259 e. The molecule has 1 aromatic heterocycles. The van der Waals surface area contributed by atoms with E-state index in [4.69, 9.17) is 0 Å². The second kappa shape index (κ2) is 5.18. The second-order valence-electron chi connectivity index (χ2n) is 3.81. The number of pyridine rings is 1. The van der Waals surface area contributed by atoms with Gasteiger partial charge in [0.1, 0.15) is 5.75 Å². The van der Waals surface area contributed by atoms with Crippen LogP contribution in [0.4, 0.5) is 5.69 Å². The fourth-order valence-corrected chi connectivity index (χ4v) is 1.84. The average molecular weight is 307 g/mol. The van der Waals surface area contributed by atoms with Gasteiger partial charge in [-0.3, -0.25) is 9.78 Å². The zero-order valence-electron chi connectivity index (χ0n) is 9.64. The van der Waals surface area contributed by atoms with Gasteiger partial charge >= 0.3 is 0 Å². The van der Waals surface area contributed by atoms with E-state index in [1.54, 1.807) is 30.6 Å². The van der Waals surface area contributed by atoms with Crippen LogP contribution in [0.5, 0.6) is 5.75 Å². The molecule has 0 saturated heterocycles. The van der Waals surface area contributed by atoms with Crippen LogP contribution in [0.25, 0.3) is 0 Å². The molecule has 0 aliphatic rings. The lowest BCUT2D eigenvalue weighted by molar-refractivity contribution is 0.102. The summed E-state index contributed by atoms with van der Waals surface area (Å²) in [6.07, 6.45) is 3.23. The lowest BCUT2D eigenvalue weighted by Gasteiger charge is -2.08. The van der Waals surface area contributed by atoms with Crippen LogP contribution in [0.3, 0.4) is 0 Å². The van der Waals surface area contributed by atoms with Gasteiger partial charge in [-0.05, 0) is 36.8 Å². The van der Waals surface area contributed by atoms with Crippen LogP contribution >= 0.6 is 15.9 Å². The van der Waals surface area contributed by atoms with E-state index in [-0.39, 0.29) is 17.2 Å². The highest BCUT2D eigenvalue weighted by molar-refractivity contribution is 9.10. The summed E-state index contributed by atoms with van der Waals surface area (Å²) in [6.45, 7) is 1.87. The zero-order valence-corrected chi connectivity index (χ0v) is 11.2. The van der Waals surface area contributed by atoms with Crippen LogP contribution < -0.4 is 5.32 Å². The fraction of sp³-hybridized carbons (Fsp3) is 0.0769. The maximum atomic E-state index is 12.0. The van der Waals surface area contributed by atoms with Crippen molar-refractivity contribution in [1.29, 1.82) is 0 Å². The molecule has 92 valence electrons. The number of halogens is 1. The molecule has 0 aliphatic carbocycles. The van der Waals surface area contributed by atoms with E-state index in [1.165, 1.54) is 6.07 Å². The van der Waals surface area contributed by atoms with Crippen LogP contribution in [-0.2, 0) is 0 Å². The third kappa shape index (κ3) is 2.68. The Labute approximate surface area is 113 Å². The minimum absolute atomic E-state index is 0.0581. The summed E-state index contributed by atoms with van der Waals surface area (Å²) in [5.41, 5.74) is 1.75. The molecule has 0 atom stereocenters. The molecule has 2 N–H and O–H groups in total. The normalized spacial score (nSPS) is 10.1. The molecule has 1 amide bonds. The molecule has 0 unspecified atom stereocenters. The number of hydrogen-bond acceptors (Lipinski definition) is 3. The van der Waals surface area contributed by atoms with Gasteiger partial charge in [-0.15, -0.1) is 0 Å². The molecule has 4 nitrogen and oxygen atoms in total. The lowest BCUT2D eigenvalue weighted by atomic mass is 10.1. The van der Waals surface area contributed by atoms with Crippen LogP contribution in [0.15, 0.2) is 41.1 Å². The molecule has 0 aliphatic heterocycles. The number of carbonyl (C=O) groups is 1. The van der Waals surface area contributed by atoms with E-state index in [2.05, 4.69) is 26.2 Å². The molecule has 5 heteroatoms. The van der Waals surface area contributed by atoms with Gasteiger partial charge in [0.2, 0.25) is 0 Å². The Bertz CT molecular complexity index is 599. The minimum Gasteiger partial charge on any atom is -0.507 e. The summed E-state index contributed by atoms with van der Waals surface area (Å²) < 4.78 is 0.730. The van der Waals surface area contributed by atoms with Crippen molar-refractivity contribution in [2.24, 2.45) is 0 Å². The largest absolute Gasteiger partial charge is 0.507 e. The second-order valence-corrected chi connectivity index (χ2v) is 4.72. The van der Waals surface area contributed by atoms with E-state index in [0.717, 1.165) is 10.0 Å². The number of aromatic nitrogens is 1. The Morgan fingerprint density at radius 2 is 2.17 bits per heavy atom. The van der Waals surface area contributed by atoms with Crippen LogP contribution in [0.1, 0.15) is 15.9 Å². The van der Waals surface area contributed by atoms with Gasteiger partial charge in [0.15, 0.2) is 0 Å². The van der Waals surface area contributed by atoms with E-state index < -0.39 is 0 Å². The summed E-state index contributed by atoms with van der Waals surface area (Å²) in [4.78, 5) is 16.0. The van der Waals surface area contributed by atoms with E-state index >= 15 is 0 Å². The van der Waals surface area contributed by atoms with E-state index in [9.17, 15) is 9.90 Å². The third-order valence-corrected chi connectivity index (χ3v) is 2.98. The molecule has 0 radical (unpaired) electrons.